The van der Waals surface area contributed by atoms with Crippen molar-refractivity contribution >= 4 is 0 Å². The van der Waals surface area contributed by atoms with E-state index < -0.39 is 0 Å². The summed E-state index contributed by atoms with van der Waals surface area (Å²) in [6, 6.07) is 4.73. The Hall–Kier alpha value is -0.820. The molecule has 2 N–H and O–H groups in total. The number of nitrogens with two attached hydrogens (primary N) is 1. The molecule has 0 aromatic heterocycles. The summed E-state index contributed by atoms with van der Waals surface area (Å²) in [6.07, 6.45) is 0.974. The maximum atomic E-state index is 5.76. The molecule has 1 rings (SSSR count). The minimum Gasteiger partial charge on any atom is -0.328 e. The van der Waals surface area contributed by atoms with E-state index in [4.69, 9.17) is 5.73 Å². The van der Waals surface area contributed by atoms with E-state index in [0.717, 1.165) is 6.42 Å². The summed E-state index contributed by atoms with van der Waals surface area (Å²) in [5.41, 5.74) is 11.3. The molecule has 0 saturated carbocycles. The third-order valence-corrected chi connectivity index (χ3v) is 2.54. The van der Waals surface area contributed by atoms with Crippen molar-refractivity contribution in [2.45, 2.75) is 40.2 Å². The molecule has 0 amide bonds. The summed E-state index contributed by atoms with van der Waals surface area (Å²) in [7, 11) is 0. The molecule has 0 saturated heterocycles. The van der Waals surface area contributed by atoms with Crippen LogP contribution in [0, 0.1) is 20.8 Å². The van der Waals surface area contributed by atoms with Crippen LogP contribution in [0.4, 0.5) is 0 Å². The minimum absolute atomic E-state index is 0.251. The van der Waals surface area contributed by atoms with Gasteiger partial charge in [0.25, 0.3) is 0 Å². The van der Waals surface area contributed by atoms with Crippen LogP contribution in [0.1, 0.15) is 29.2 Å². The lowest BCUT2D eigenvalue weighted by molar-refractivity contribution is 0.737. The fourth-order valence-electron chi connectivity index (χ4n) is 1.61. The number of hydrogen-bond donors (Lipinski definition) is 1. The van der Waals surface area contributed by atoms with E-state index in [1.165, 1.54) is 22.3 Å². The van der Waals surface area contributed by atoms with Crippen LogP contribution in [0.25, 0.3) is 0 Å². The monoisotopic (exact) mass is 177 g/mol. The summed E-state index contributed by atoms with van der Waals surface area (Å²) in [6.45, 7) is 8.53. The average Bonchev–Trinajstić information content (AvgIpc) is 1.98. The smallest absolute Gasteiger partial charge is 0.00509 e. The van der Waals surface area contributed by atoms with Gasteiger partial charge in [0.2, 0.25) is 0 Å². The van der Waals surface area contributed by atoms with Gasteiger partial charge in [0.1, 0.15) is 0 Å². The summed E-state index contributed by atoms with van der Waals surface area (Å²) < 4.78 is 0. The predicted octanol–water partition coefficient (Wildman–Crippen LogP) is 2.50. The summed E-state index contributed by atoms with van der Waals surface area (Å²) in [5, 5.41) is 0. The van der Waals surface area contributed by atoms with Crippen molar-refractivity contribution in [3.63, 3.8) is 0 Å². The molecule has 1 atom stereocenters. The summed E-state index contributed by atoms with van der Waals surface area (Å²) in [5.74, 6) is 0. The molecule has 0 radical (unpaired) electrons. The van der Waals surface area contributed by atoms with Gasteiger partial charge in [-0.1, -0.05) is 12.1 Å². The Labute approximate surface area is 81.0 Å². The highest BCUT2D eigenvalue weighted by Crippen LogP contribution is 2.16. The van der Waals surface area contributed by atoms with Crippen molar-refractivity contribution in [3.05, 3.63) is 34.4 Å². The van der Waals surface area contributed by atoms with Gasteiger partial charge in [0.15, 0.2) is 0 Å². The SMILES string of the molecule is Cc1cc(CC(C)N)cc(C)c1C. The Balaban J connectivity index is 2.99. The fourth-order valence-corrected chi connectivity index (χ4v) is 1.61. The van der Waals surface area contributed by atoms with Gasteiger partial charge >= 0.3 is 0 Å². The first kappa shape index (κ1) is 10.3. The maximum absolute atomic E-state index is 5.76. The molecule has 0 aliphatic carbocycles. The molecule has 0 spiro atoms. The lowest BCUT2D eigenvalue weighted by Gasteiger charge is -2.10. The highest BCUT2D eigenvalue weighted by atomic mass is 14.6. The van der Waals surface area contributed by atoms with Crippen LogP contribution in [-0.4, -0.2) is 6.04 Å². The molecule has 72 valence electrons. The summed E-state index contributed by atoms with van der Waals surface area (Å²) >= 11 is 0. The number of rotatable bonds is 2. The minimum atomic E-state index is 0.251. The topological polar surface area (TPSA) is 26.0 Å². The van der Waals surface area contributed by atoms with Crippen LogP contribution in [0.5, 0.6) is 0 Å². The lowest BCUT2D eigenvalue weighted by Crippen LogP contribution is -2.17. The van der Waals surface area contributed by atoms with Gasteiger partial charge in [-0.2, -0.15) is 0 Å². The van der Waals surface area contributed by atoms with E-state index in [-0.39, 0.29) is 6.04 Å². The van der Waals surface area contributed by atoms with E-state index in [0.29, 0.717) is 0 Å². The van der Waals surface area contributed by atoms with Gasteiger partial charge in [-0.3, -0.25) is 0 Å². The van der Waals surface area contributed by atoms with Crippen LogP contribution >= 0.6 is 0 Å². The second-order valence-corrected chi connectivity index (χ2v) is 4.04. The predicted molar refractivity (Wildman–Crippen MR) is 58.0 cm³/mol. The van der Waals surface area contributed by atoms with Crippen LogP contribution in [0.2, 0.25) is 0 Å². The molecule has 0 aliphatic heterocycles. The zero-order chi connectivity index (χ0) is 10.0. The van der Waals surface area contributed by atoms with Crippen LogP contribution in [-0.2, 0) is 6.42 Å². The molecule has 1 aromatic carbocycles. The summed E-state index contributed by atoms with van der Waals surface area (Å²) in [4.78, 5) is 0. The Morgan fingerprint density at radius 1 is 1.15 bits per heavy atom. The molecule has 1 heteroatoms. The van der Waals surface area contributed by atoms with Gasteiger partial charge in [0, 0.05) is 6.04 Å². The van der Waals surface area contributed by atoms with Crippen molar-refractivity contribution < 1.29 is 0 Å². The average molecular weight is 177 g/mol. The number of aryl methyl sites for hydroxylation is 2. The first-order chi connectivity index (χ1) is 6.00. The van der Waals surface area contributed by atoms with Crippen molar-refractivity contribution in [2.75, 3.05) is 0 Å². The first-order valence-electron chi connectivity index (χ1n) is 4.83. The standard InChI is InChI=1S/C12H19N/c1-8-5-12(7-10(3)13)6-9(2)11(8)4/h5-6,10H,7,13H2,1-4H3. The number of benzene rings is 1. The van der Waals surface area contributed by atoms with E-state index in [1.54, 1.807) is 0 Å². The highest BCUT2D eigenvalue weighted by molar-refractivity contribution is 5.37. The molecule has 0 heterocycles. The van der Waals surface area contributed by atoms with Crippen LogP contribution < -0.4 is 5.73 Å². The molecule has 13 heavy (non-hydrogen) atoms. The number of hydrogen-bond acceptors (Lipinski definition) is 1. The van der Waals surface area contributed by atoms with Crippen molar-refractivity contribution in [3.8, 4) is 0 Å². The quantitative estimate of drug-likeness (QED) is 0.738. The zero-order valence-electron chi connectivity index (χ0n) is 9.02. The molecule has 0 bridgehead atoms. The zero-order valence-corrected chi connectivity index (χ0v) is 9.02. The van der Waals surface area contributed by atoms with E-state index in [1.807, 2.05) is 6.92 Å². The van der Waals surface area contributed by atoms with Crippen molar-refractivity contribution in [1.29, 1.82) is 0 Å². The third-order valence-electron chi connectivity index (χ3n) is 2.54. The van der Waals surface area contributed by atoms with Gasteiger partial charge in [-0.15, -0.1) is 0 Å². The second-order valence-electron chi connectivity index (χ2n) is 4.04. The largest absolute Gasteiger partial charge is 0.328 e. The third kappa shape index (κ3) is 2.56. The Kier molecular flexibility index (Phi) is 3.10. The van der Waals surface area contributed by atoms with E-state index in [9.17, 15) is 0 Å². The van der Waals surface area contributed by atoms with E-state index in [2.05, 4.69) is 32.9 Å². The van der Waals surface area contributed by atoms with Crippen LogP contribution in [0.15, 0.2) is 12.1 Å². The lowest BCUT2D eigenvalue weighted by atomic mass is 9.97. The maximum Gasteiger partial charge on any atom is 0.00509 e. The molecule has 1 unspecified atom stereocenters. The second kappa shape index (κ2) is 3.93. The molecule has 1 nitrogen and oxygen atoms in total. The molecule has 0 fully saturated rings. The molecular weight excluding hydrogens is 158 g/mol. The molecular formula is C12H19N. The first-order valence-corrected chi connectivity index (χ1v) is 4.83. The normalized spacial score (nSPS) is 13.0. The fraction of sp³-hybridized carbons (Fsp3) is 0.500. The van der Waals surface area contributed by atoms with E-state index >= 15 is 0 Å². The Morgan fingerprint density at radius 3 is 2.00 bits per heavy atom. The van der Waals surface area contributed by atoms with Crippen LogP contribution in [0.3, 0.4) is 0 Å². The van der Waals surface area contributed by atoms with Gasteiger partial charge in [0.05, 0.1) is 0 Å². The Morgan fingerprint density at radius 2 is 1.62 bits per heavy atom. The van der Waals surface area contributed by atoms with Gasteiger partial charge in [-0.05, 0) is 56.4 Å². The Bertz CT molecular complexity index is 277. The van der Waals surface area contributed by atoms with Crippen molar-refractivity contribution in [2.24, 2.45) is 5.73 Å². The molecule has 0 aliphatic rings. The molecule has 1 aromatic rings. The van der Waals surface area contributed by atoms with Crippen molar-refractivity contribution in [1.82, 2.24) is 0 Å². The van der Waals surface area contributed by atoms with Gasteiger partial charge in [-0.25, -0.2) is 0 Å². The van der Waals surface area contributed by atoms with Gasteiger partial charge < -0.3 is 5.73 Å². The highest BCUT2D eigenvalue weighted by Gasteiger charge is 2.02.